The molecule has 1 aromatic rings. The van der Waals surface area contributed by atoms with Crippen LogP contribution >= 0.6 is 0 Å². The van der Waals surface area contributed by atoms with Crippen LogP contribution in [-0.2, 0) is 9.53 Å². The van der Waals surface area contributed by atoms with E-state index in [0.717, 1.165) is 0 Å². The van der Waals surface area contributed by atoms with Gasteiger partial charge in [0.1, 0.15) is 13.2 Å². The van der Waals surface area contributed by atoms with Gasteiger partial charge in [-0.15, -0.1) is 0 Å². The molecule has 7 nitrogen and oxygen atoms in total. The molecular weight excluding hydrogens is 276 g/mol. The number of hydrogen-bond acceptors (Lipinski definition) is 5. The zero-order chi connectivity index (χ0) is 15.7. The summed E-state index contributed by atoms with van der Waals surface area (Å²) in [5.74, 6) is -1.08. The molecule has 0 aromatic carbocycles. The maximum absolute atomic E-state index is 12.3. The van der Waals surface area contributed by atoms with Crippen LogP contribution in [0.3, 0.4) is 0 Å². The molecule has 0 fully saturated rings. The number of ether oxygens (including phenoxy) is 2. The Morgan fingerprint density at radius 3 is 2.76 bits per heavy atom. The molecule has 1 heterocycles. The number of carboxylic acid groups (broad SMARTS) is 1. The highest BCUT2D eigenvalue weighted by atomic mass is 16.5. The van der Waals surface area contributed by atoms with Crippen molar-refractivity contribution in [2.45, 2.75) is 13.3 Å². The molecule has 0 unspecified atom stereocenters. The summed E-state index contributed by atoms with van der Waals surface area (Å²) in [6.45, 7) is 2.69. The minimum Gasteiger partial charge on any atom is -0.480 e. The lowest BCUT2D eigenvalue weighted by atomic mass is 10.2. The van der Waals surface area contributed by atoms with E-state index in [0.29, 0.717) is 37.6 Å². The third kappa shape index (κ3) is 5.78. The lowest BCUT2D eigenvalue weighted by Gasteiger charge is -2.20. The predicted octanol–water partition coefficient (Wildman–Crippen LogP) is 1.04. The molecule has 0 spiro atoms. The monoisotopic (exact) mass is 296 g/mol. The van der Waals surface area contributed by atoms with Crippen LogP contribution in [0.4, 0.5) is 0 Å². The first-order chi connectivity index (χ1) is 10.1. The summed E-state index contributed by atoms with van der Waals surface area (Å²) in [5, 5.41) is 8.86. The lowest BCUT2D eigenvalue weighted by Crippen LogP contribution is -2.36. The maximum atomic E-state index is 12.3. The van der Waals surface area contributed by atoms with Crippen molar-refractivity contribution in [2.75, 3.05) is 33.4 Å². The molecule has 0 radical (unpaired) electrons. The van der Waals surface area contributed by atoms with Crippen LogP contribution in [0, 0.1) is 0 Å². The molecule has 7 heteroatoms. The van der Waals surface area contributed by atoms with E-state index in [4.69, 9.17) is 14.6 Å². The normalized spacial score (nSPS) is 10.2. The molecule has 0 saturated carbocycles. The zero-order valence-electron chi connectivity index (χ0n) is 12.2. The zero-order valence-corrected chi connectivity index (χ0v) is 12.2. The van der Waals surface area contributed by atoms with Crippen LogP contribution in [0.5, 0.6) is 5.88 Å². The average molecular weight is 296 g/mol. The number of aromatic nitrogens is 1. The first kappa shape index (κ1) is 16.9. The van der Waals surface area contributed by atoms with Crippen LogP contribution in [-0.4, -0.2) is 60.3 Å². The number of rotatable bonds is 9. The van der Waals surface area contributed by atoms with E-state index in [2.05, 4.69) is 4.98 Å². The molecule has 0 aliphatic heterocycles. The number of carbonyl (C=O) groups is 2. The second-order valence-corrected chi connectivity index (χ2v) is 4.34. The van der Waals surface area contributed by atoms with Gasteiger partial charge in [-0.25, -0.2) is 4.98 Å². The highest BCUT2D eigenvalue weighted by Gasteiger charge is 2.18. The number of carbonyl (C=O) groups excluding carboxylic acids is 1. The average Bonchev–Trinajstić information content (AvgIpc) is 2.46. The van der Waals surface area contributed by atoms with Crippen LogP contribution in [0.1, 0.15) is 23.7 Å². The SMILES string of the molecule is CCCN(CC(=O)O)C(=O)c1ccnc(OCCOC)c1. The van der Waals surface area contributed by atoms with Gasteiger partial charge in [-0.3, -0.25) is 9.59 Å². The number of carboxylic acids is 1. The summed E-state index contributed by atoms with van der Waals surface area (Å²) in [7, 11) is 1.56. The van der Waals surface area contributed by atoms with Gasteiger partial charge in [-0.2, -0.15) is 0 Å². The van der Waals surface area contributed by atoms with Gasteiger partial charge in [-0.05, 0) is 12.5 Å². The van der Waals surface area contributed by atoms with E-state index in [-0.39, 0.29) is 12.5 Å². The van der Waals surface area contributed by atoms with Gasteiger partial charge in [0.05, 0.1) is 6.61 Å². The van der Waals surface area contributed by atoms with Crippen molar-refractivity contribution < 1.29 is 24.2 Å². The molecule has 1 aromatic heterocycles. The van der Waals surface area contributed by atoms with Gasteiger partial charge >= 0.3 is 5.97 Å². The molecule has 1 amide bonds. The highest BCUT2D eigenvalue weighted by Crippen LogP contribution is 2.12. The molecule has 0 aliphatic rings. The fourth-order valence-corrected chi connectivity index (χ4v) is 1.72. The van der Waals surface area contributed by atoms with E-state index < -0.39 is 5.97 Å². The van der Waals surface area contributed by atoms with Gasteiger partial charge in [0.2, 0.25) is 5.88 Å². The summed E-state index contributed by atoms with van der Waals surface area (Å²) in [5.41, 5.74) is 0.354. The fourth-order valence-electron chi connectivity index (χ4n) is 1.72. The number of aliphatic carboxylic acids is 1. The molecule has 0 bridgehead atoms. The Balaban J connectivity index is 2.79. The summed E-state index contributed by atoms with van der Waals surface area (Å²) >= 11 is 0. The van der Waals surface area contributed by atoms with Crippen molar-refractivity contribution >= 4 is 11.9 Å². The molecular formula is C14H20N2O5. The van der Waals surface area contributed by atoms with Gasteiger partial charge in [0.15, 0.2) is 0 Å². The minimum atomic E-state index is -1.04. The smallest absolute Gasteiger partial charge is 0.323 e. The van der Waals surface area contributed by atoms with E-state index in [9.17, 15) is 9.59 Å². The number of methoxy groups -OCH3 is 1. The maximum Gasteiger partial charge on any atom is 0.323 e. The number of nitrogens with zero attached hydrogens (tertiary/aromatic N) is 2. The third-order valence-electron chi connectivity index (χ3n) is 2.63. The molecule has 0 atom stereocenters. The standard InChI is InChI=1S/C14H20N2O5/c1-3-6-16(10-13(17)18)14(19)11-4-5-15-12(9-11)21-8-7-20-2/h4-5,9H,3,6-8,10H2,1-2H3,(H,17,18). The van der Waals surface area contributed by atoms with Crippen molar-refractivity contribution in [1.29, 1.82) is 0 Å². The Bertz CT molecular complexity index is 478. The Hall–Kier alpha value is -2.15. The molecule has 116 valence electrons. The summed E-state index contributed by atoms with van der Waals surface area (Å²) in [4.78, 5) is 28.4. The van der Waals surface area contributed by atoms with Gasteiger partial charge in [0, 0.05) is 31.5 Å². The fraction of sp³-hybridized carbons (Fsp3) is 0.500. The van der Waals surface area contributed by atoms with Crippen LogP contribution < -0.4 is 4.74 Å². The minimum absolute atomic E-state index is 0.310. The molecule has 1 N–H and O–H groups in total. The second-order valence-electron chi connectivity index (χ2n) is 4.34. The van der Waals surface area contributed by atoms with Crippen LogP contribution in [0.25, 0.3) is 0 Å². The second kappa shape index (κ2) is 8.91. The van der Waals surface area contributed by atoms with E-state index in [1.54, 1.807) is 7.11 Å². The van der Waals surface area contributed by atoms with Gasteiger partial charge in [-0.1, -0.05) is 6.92 Å². The Morgan fingerprint density at radius 2 is 2.14 bits per heavy atom. The van der Waals surface area contributed by atoms with Crippen molar-refractivity contribution in [1.82, 2.24) is 9.88 Å². The Kier molecular flexibility index (Phi) is 7.17. The van der Waals surface area contributed by atoms with E-state index in [1.165, 1.54) is 23.2 Å². The van der Waals surface area contributed by atoms with Gasteiger partial charge in [0.25, 0.3) is 5.91 Å². The van der Waals surface area contributed by atoms with Crippen molar-refractivity contribution in [3.05, 3.63) is 23.9 Å². The van der Waals surface area contributed by atoms with Crippen molar-refractivity contribution in [3.63, 3.8) is 0 Å². The van der Waals surface area contributed by atoms with Crippen LogP contribution in [0.2, 0.25) is 0 Å². The molecule has 1 rings (SSSR count). The summed E-state index contributed by atoms with van der Waals surface area (Å²) in [6, 6.07) is 3.04. The Morgan fingerprint density at radius 1 is 1.38 bits per heavy atom. The predicted molar refractivity (Wildman–Crippen MR) is 75.4 cm³/mol. The highest BCUT2D eigenvalue weighted by molar-refractivity contribution is 5.96. The summed E-state index contributed by atoms with van der Waals surface area (Å²) in [6.07, 6.45) is 2.14. The molecule has 21 heavy (non-hydrogen) atoms. The first-order valence-electron chi connectivity index (χ1n) is 6.67. The molecule has 0 aliphatic carbocycles. The van der Waals surface area contributed by atoms with Gasteiger partial charge < -0.3 is 19.5 Å². The van der Waals surface area contributed by atoms with Crippen LogP contribution in [0.15, 0.2) is 18.3 Å². The number of pyridine rings is 1. The largest absolute Gasteiger partial charge is 0.480 e. The Labute approximate surface area is 123 Å². The van der Waals surface area contributed by atoms with E-state index >= 15 is 0 Å². The molecule has 0 saturated heterocycles. The quantitative estimate of drug-likeness (QED) is 0.685. The number of hydrogen-bond donors (Lipinski definition) is 1. The number of amides is 1. The van der Waals surface area contributed by atoms with Crippen molar-refractivity contribution in [3.8, 4) is 5.88 Å². The first-order valence-corrected chi connectivity index (χ1v) is 6.67. The lowest BCUT2D eigenvalue weighted by molar-refractivity contribution is -0.137. The van der Waals surface area contributed by atoms with Crippen molar-refractivity contribution in [2.24, 2.45) is 0 Å². The topological polar surface area (TPSA) is 89.0 Å². The third-order valence-corrected chi connectivity index (χ3v) is 2.63. The van der Waals surface area contributed by atoms with E-state index in [1.807, 2.05) is 6.92 Å². The summed E-state index contributed by atoms with van der Waals surface area (Å²) < 4.78 is 10.2.